The molecule has 0 heterocycles. The third-order valence-electron chi connectivity index (χ3n) is 3.83. The summed E-state index contributed by atoms with van der Waals surface area (Å²) in [4.78, 5) is 11.6. The summed E-state index contributed by atoms with van der Waals surface area (Å²) in [6.07, 6.45) is 1.92. The van der Waals surface area contributed by atoms with Crippen molar-refractivity contribution in [2.75, 3.05) is 14.2 Å². The number of ether oxygens (including phenoxy) is 2. The average molecular weight is 268 g/mol. The molecule has 19 heavy (non-hydrogen) atoms. The third kappa shape index (κ3) is 2.03. The number of alkyl halides is 1. The summed E-state index contributed by atoms with van der Waals surface area (Å²) < 4.78 is 23.4. The fourth-order valence-electron chi connectivity index (χ4n) is 2.58. The molecule has 1 aromatic rings. The van der Waals surface area contributed by atoms with Gasteiger partial charge < -0.3 is 14.6 Å². The van der Waals surface area contributed by atoms with Gasteiger partial charge in [0.05, 0.1) is 19.6 Å². The summed E-state index contributed by atoms with van der Waals surface area (Å²) in [5.74, 6) is -0.128. The van der Waals surface area contributed by atoms with Gasteiger partial charge in [-0.2, -0.15) is 0 Å². The molecule has 5 heteroatoms. The fourth-order valence-corrected chi connectivity index (χ4v) is 2.58. The highest BCUT2D eigenvalue weighted by atomic mass is 19.1. The summed E-state index contributed by atoms with van der Waals surface area (Å²) in [7, 11) is 2.92. The zero-order chi connectivity index (χ0) is 14.0. The molecule has 0 spiro atoms. The first-order valence-electron chi connectivity index (χ1n) is 6.14. The molecule has 0 atom stereocenters. The molecule has 1 fully saturated rings. The highest BCUT2D eigenvalue weighted by Crippen LogP contribution is 2.50. The van der Waals surface area contributed by atoms with Crippen molar-refractivity contribution >= 4 is 5.97 Å². The Kier molecular flexibility index (Phi) is 3.64. The predicted molar refractivity (Wildman–Crippen MR) is 67.5 cm³/mol. The molecule has 1 aliphatic rings. The molecule has 0 aromatic heterocycles. The number of benzene rings is 1. The van der Waals surface area contributed by atoms with Gasteiger partial charge >= 0.3 is 5.97 Å². The van der Waals surface area contributed by atoms with Crippen LogP contribution >= 0.6 is 0 Å². The standard InChI is InChI=1S/C14H17FO4/c1-18-11-7-9(8-15)6-10(12(11)19-2)14(13(16)17)4-3-5-14/h6-7H,3-5,8H2,1-2H3,(H,16,17). The second-order valence-electron chi connectivity index (χ2n) is 4.75. The van der Waals surface area contributed by atoms with Crippen molar-refractivity contribution in [3.63, 3.8) is 0 Å². The van der Waals surface area contributed by atoms with Crippen molar-refractivity contribution in [2.24, 2.45) is 0 Å². The van der Waals surface area contributed by atoms with Crippen LogP contribution in [0.2, 0.25) is 0 Å². The fraction of sp³-hybridized carbons (Fsp3) is 0.500. The van der Waals surface area contributed by atoms with Crippen LogP contribution in [0.4, 0.5) is 4.39 Å². The van der Waals surface area contributed by atoms with E-state index in [0.29, 0.717) is 35.5 Å². The minimum atomic E-state index is -0.968. The van der Waals surface area contributed by atoms with E-state index in [1.54, 1.807) is 6.07 Å². The van der Waals surface area contributed by atoms with Crippen molar-refractivity contribution in [1.29, 1.82) is 0 Å². The zero-order valence-corrected chi connectivity index (χ0v) is 11.0. The van der Waals surface area contributed by atoms with Gasteiger partial charge in [-0.05, 0) is 30.5 Å². The van der Waals surface area contributed by atoms with Crippen LogP contribution in [-0.4, -0.2) is 25.3 Å². The molecule has 0 amide bonds. The van der Waals surface area contributed by atoms with Crippen LogP contribution in [0, 0.1) is 0 Å². The molecule has 4 nitrogen and oxygen atoms in total. The molecule has 104 valence electrons. The van der Waals surface area contributed by atoms with Crippen LogP contribution in [0.5, 0.6) is 11.5 Å². The molecule has 0 radical (unpaired) electrons. The highest BCUT2D eigenvalue weighted by molar-refractivity contribution is 5.84. The van der Waals surface area contributed by atoms with Gasteiger partial charge in [0.25, 0.3) is 0 Å². The van der Waals surface area contributed by atoms with E-state index in [-0.39, 0.29) is 0 Å². The smallest absolute Gasteiger partial charge is 0.314 e. The molecule has 0 aliphatic heterocycles. The molecule has 1 saturated carbocycles. The quantitative estimate of drug-likeness (QED) is 0.892. The second-order valence-corrected chi connectivity index (χ2v) is 4.75. The van der Waals surface area contributed by atoms with Crippen molar-refractivity contribution in [3.05, 3.63) is 23.3 Å². The van der Waals surface area contributed by atoms with Crippen LogP contribution in [0.15, 0.2) is 12.1 Å². The van der Waals surface area contributed by atoms with Gasteiger partial charge in [-0.15, -0.1) is 0 Å². The van der Waals surface area contributed by atoms with E-state index >= 15 is 0 Å². The monoisotopic (exact) mass is 268 g/mol. The Labute approximate surface area is 111 Å². The lowest BCUT2D eigenvalue weighted by Gasteiger charge is -2.39. The average Bonchev–Trinajstić information content (AvgIpc) is 2.35. The van der Waals surface area contributed by atoms with Gasteiger partial charge in [-0.25, -0.2) is 4.39 Å². The summed E-state index contributed by atoms with van der Waals surface area (Å²) in [6, 6.07) is 3.12. The molecule has 2 rings (SSSR count). The maximum Gasteiger partial charge on any atom is 0.314 e. The number of carbonyl (C=O) groups is 1. The number of carboxylic acids is 1. The number of hydrogen-bond acceptors (Lipinski definition) is 3. The Bertz CT molecular complexity index is 494. The SMILES string of the molecule is COc1cc(CF)cc(C2(C(=O)O)CCC2)c1OC. The first-order valence-corrected chi connectivity index (χ1v) is 6.14. The second kappa shape index (κ2) is 5.07. The predicted octanol–water partition coefficient (Wildman–Crippen LogP) is 2.68. The molecule has 1 aromatic carbocycles. The van der Waals surface area contributed by atoms with Crippen LogP contribution in [0.1, 0.15) is 30.4 Å². The zero-order valence-electron chi connectivity index (χ0n) is 11.0. The maximum absolute atomic E-state index is 12.9. The van der Waals surface area contributed by atoms with Crippen molar-refractivity contribution in [1.82, 2.24) is 0 Å². The third-order valence-corrected chi connectivity index (χ3v) is 3.83. The van der Waals surface area contributed by atoms with E-state index in [2.05, 4.69) is 0 Å². The molecule has 0 bridgehead atoms. The normalized spacial score (nSPS) is 16.6. The van der Waals surface area contributed by atoms with E-state index in [1.165, 1.54) is 20.3 Å². The van der Waals surface area contributed by atoms with Gasteiger partial charge in [-0.1, -0.05) is 6.42 Å². The van der Waals surface area contributed by atoms with Crippen molar-refractivity contribution in [3.8, 4) is 11.5 Å². The Morgan fingerprint density at radius 3 is 2.42 bits per heavy atom. The maximum atomic E-state index is 12.9. The minimum Gasteiger partial charge on any atom is -0.493 e. The van der Waals surface area contributed by atoms with Crippen LogP contribution in [0.25, 0.3) is 0 Å². The summed E-state index contributed by atoms with van der Waals surface area (Å²) in [5, 5.41) is 9.49. The summed E-state index contributed by atoms with van der Waals surface area (Å²) >= 11 is 0. The number of hydrogen-bond donors (Lipinski definition) is 1. The number of carboxylic acid groups (broad SMARTS) is 1. The van der Waals surface area contributed by atoms with E-state index < -0.39 is 18.1 Å². The van der Waals surface area contributed by atoms with Gasteiger partial charge in [0.15, 0.2) is 11.5 Å². The molecule has 1 aliphatic carbocycles. The molecule has 0 unspecified atom stereocenters. The van der Waals surface area contributed by atoms with Crippen LogP contribution < -0.4 is 9.47 Å². The largest absolute Gasteiger partial charge is 0.493 e. The summed E-state index contributed by atoms with van der Waals surface area (Å²) in [6.45, 7) is -0.664. The number of halogens is 1. The van der Waals surface area contributed by atoms with Crippen molar-refractivity contribution in [2.45, 2.75) is 31.4 Å². The summed E-state index contributed by atoms with van der Waals surface area (Å²) in [5.41, 5.74) is -0.0509. The Morgan fingerprint density at radius 2 is 2.05 bits per heavy atom. The van der Waals surface area contributed by atoms with Gasteiger partial charge in [0.2, 0.25) is 0 Å². The number of aliphatic carboxylic acids is 1. The Balaban J connectivity index is 2.63. The van der Waals surface area contributed by atoms with E-state index in [4.69, 9.17) is 9.47 Å². The molecular formula is C14H17FO4. The minimum absolute atomic E-state index is 0.375. The highest BCUT2D eigenvalue weighted by Gasteiger charge is 2.48. The van der Waals surface area contributed by atoms with E-state index in [0.717, 1.165) is 6.42 Å². The lowest BCUT2D eigenvalue weighted by molar-refractivity contribution is -0.147. The van der Waals surface area contributed by atoms with E-state index in [9.17, 15) is 14.3 Å². The molecule has 1 N–H and O–H groups in total. The Morgan fingerprint density at radius 1 is 1.37 bits per heavy atom. The topological polar surface area (TPSA) is 55.8 Å². The van der Waals surface area contributed by atoms with Crippen LogP contribution in [0.3, 0.4) is 0 Å². The molecular weight excluding hydrogens is 251 g/mol. The van der Waals surface area contributed by atoms with Crippen molar-refractivity contribution < 1.29 is 23.8 Å². The lowest BCUT2D eigenvalue weighted by Crippen LogP contribution is -2.42. The van der Waals surface area contributed by atoms with Gasteiger partial charge in [-0.3, -0.25) is 4.79 Å². The van der Waals surface area contributed by atoms with Gasteiger partial charge in [0, 0.05) is 5.56 Å². The van der Waals surface area contributed by atoms with Crippen LogP contribution in [-0.2, 0) is 16.9 Å². The first kappa shape index (κ1) is 13.6. The number of rotatable bonds is 5. The van der Waals surface area contributed by atoms with Gasteiger partial charge in [0.1, 0.15) is 6.67 Å². The molecule has 0 saturated heterocycles. The lowest BCUT2D eigenvalue weighted by atomic mass is 9.64. The first-order chi connectivity index (χ1) is 9.08. The Hall–Kier alpha value is -1.78. The number of methoxy groups -OCH3 is 2. The van der Waals surface area contributed by atoms with E-state index in [1.807, 2.05) is 0 Å².